The van der Waals surface area contributed by atoms with Gasteiger partial charge in [0.1, 0.15) is 0 Å². The molecule has 3 fully saturated rings. The molecule has 126 valence electrons. The second-order valence-corrected chi connectivity index (χ2v) is 9.31. The number of aromatic nitrogens is 2. The lowest BCUT2D eigenvalue weighted by Crippen LogP contribution is -2.47. The average molecular weight is 334 g/mol. The van der Waals surface area contributed by atoms with E-state index in [1.807, 2.05) is 12.4 Å². The van der Waals surface area contributed by atoms with Gasteiger partial charge in [0.15, 0.2) is 5.16 Å². The molecule has 1 heterocycles. The first-order chi connectivity index (χ1) is 10.9. The van der Waals surface area contributed by atoms with E-state index in [4.69, 9.17) is 0 Å². The number of hydrogen-bond acceptors (Lipinski definition) is 3. The first kappa shape index (κ1) is 15.6. The predicted molar refractivity (Wildman–Crippen MR) is 92.4 cm³/mol. The van der Waals surface area contributed by atoms with Crippen molar-refractivity contribution in [2.45, 2.75) is 70.1 Å². The lowest BCUT2D eigenvalue weighted by atomic mass is 9.69. The predicted octanol–water partition coefficient (Wildman–Crippen LogP) is 3.64. The highest BCUT2D eigenvalue weighted by Gasteiger charge is 2.61. The molecule has 0 radical (unpaired) electrons. The Kier molecular flexibility index (Phi) is 3.56. The van der Waals surface area contributed by atoms with Crippen molar-refractivity contribution in [2.24, 2.45) is 16.7 Å². The van der Waals surface area contributed by atoms with Gasteiger partial charge in [-0.2, -0.15) is 0 Å². The van der Waals surface area contributed by atoms with Crippen molar-refractivity contribution in [1.29, 1.82) is 0 Å². The first-order valence-corrected chi connectivity index (χ1v) is 9.85. The Hall–Kier alpha value is -0.970. The molecule has 4 rings (SSSR count). The molecule has 3 aliphatic carbocycles. The van der Waals surface area contributed by atoms with E-state index >= 15 is 0 Å². The molecule has 1 amide bonds. The molecule has 1 N–H and O–H groups in total. The summed E-state index contributed by atoms with van der Waals surface area (Å²) in [4.78, 5) is 16.9. The highest BCUT2D eigenvalue weighted by atomic mass is 32.2. The zero-order chi connectivity index (χ0) is 16.2. The fraction of sp³-hybridized carbons (Fsp3) is 0.778. The van der Waals surface area contributed by atoms with Crippen molar-refractivity contribution >= 4 is 17.7 Å². The van der Waals surface area contributed by atoms with Crippen molar-refractivity contribution in [2.75, 3.05) is 5.75 Å². The Balaban J connectivity index is 1.35. The van der Waals surface area contributed by atoms with E-state index < -0.39 is 0 Å². The van der Waals surface area contributed by atoms with Crippen LogP contribution in [0.25, 0.3) is 0 Å². The Labute approximate surface area is 142 Å². The molecule has 4 nitrogen and oxygen atoms in total. The topological polar surface area (TPSA) is 46.9 Å². The van der Waals surface area contributed by atoms with Crippen LogP contribution in [0.2, 0.25) is 0 Å². The number of carbonyl (C=O) groups is 1. The second kappa shape index (κ2) is 5.27. The van der Waals surface area contributed by atoms with E-state index in [0.717, 1.165) is 17.5 Å². The molecular formula is C18H27N3OS. The zero-order valence-electron chi connectivity index (χ0n) is 14.3. The minimum Gasteiger partial charge on any atom is -0.352 e. The minimum atomic E-state index is 0.162. The molecule has 3 saturated carbocycles. The van der Waals surface area contributed by atoms with E-state index in [-0.39, 0.29) is 11.3 Å². The van der Waals surface area contributed by atoms with E-state index in [2.05, 4.69) is 35.6 Å². The van der Waals surface area contributed by atoms with Gasteiger partial charge < -0.3 is 9.88 Å². The SMILES string of the molecule is CC1(C)[C@H]2CC[C@@]1(C)[C@@H](NC(=O)CSc1nccn1C1CC1)C2. The highest BCUT2D eigenvalue weighted by molar-refractivity contribution is 7.99. The quantitative estimate of drug-likeness (QED) is 0.837. The summed E-state index contributed by atoms with van der Waals surface area (Å²) in [5.41, 5.74) is 0.602. The number of nitrogens with one attached hydrogen (secondary N) is 1. The van der Waals surface area contributed by atoms with Gasteiger partial charge in [-0.1, -0.05) is 32.5 Å². The third kappa shape index (κ3) is 2.43. The normalized spacial score (nSPS) is 34.7. The molecule has 0 spiro atoms. The largest absolute Gasteiger partial charge is 0.352 e. The molecule has 3 atom stereocenters. The van der Waals surface area contributed by atoms with Gasteiger partial charge in [0, 0.05) is 24.5 Å². The zero-order valence-corrected chi connectivity index (χ0v) is 15.2. The Bertz CT molecular complexity index is 622. The summed E-state index contributed by atoms with van der Waals surface area (Å²) < 4.78 is 2.22. The summed E-state index contributed by atoms with van der Waals surface area (Å²) in [6.07, 6.45) is 10.1. The Morgan fingerprint density at radius 3 is 2.78 bits per heavy atom. The summed E-state index contributed by atoms with van der Waals surface area (Å²) >= 11 is 1.57. The second-order valence-electron chi connectivity index (χ2n) is 8.37. The molecule has 0 aliphatic heterocycles. The standard InChI is InChI=1S/C18H27N3OS/c1-17(2)12-6-7-18(17,3)14(10-12)20-15(22)11-23-16-19-8-9-21(16)13-4-5-13/h8-9,12-14H,4-7,10-11H2,1-3H3,(H,20,22)/t12-,14-,18-/m0/s1. The fourth-order valence-corrected chi connectivity index (χ4v) is 5.67. The van der Waals surface area contributed by atoms with Gasteiger partial charge in [-0.25, -0.2) is 4.98 Å². The molecule has 1 aromatic heterocycles. The molecule has 1 aromatic rings. The smallest absolute Gasteiger partial charge is 0.230 e. The van der Waals surface area contributed by atoms with Gasteiger partial charge in [0.2, 0.25) is 5.91 Å². The van der Waals surface area contributed by atoms with Crippen LogP contribution in [0.3, 0.4) is 0 Å². The summed E-state index contributed by atoms with van der Waals surface area (Å²) in [5.74, 6) is 1.40. The van der Waals surface area contributed by atoms with Crippen LogP contribution in [-0.4, -0.2) is 27.3 Å². The molecule has 5 heteroatoms. The maximum Gasteiger partial charge on any atom is 0.230 e. The molecular weight excluding hydrogens is 306 g/mol. The Morgan fingerprint density at radius 1 is 1.39 bits per heavy atom. The van der Waals surface area contributed by atoms with Crippen LogP contribution in [-0.2, 0) is 4.79 Å². The third-order valence-electron chi connectivity index (χ3n) is 7.04. The Morgan fingerprint density at radius 2 is 2.17 bits per heavy atom. The van der Waals surface area contributed by atoms with Crippen LogP contribution in [0, 0.1) is 16.7 Å². The van der Waals surface area contributed by atoms with Gasteiger partial charge in [0.05, 0.1) is 5.75 Å². The van der Waals surface area contributed by atoms with Crippen LogP contribution < -0.4 is 5.32 Å². The van der Waals surface area contributed by atoms with Crippen molar-refractivity contribution < 1.29 is 4.79 Å². The maximum atomic E-state index is 12.5. The number of imidazole rings is 1. The molecule has 0 aromatic carbocycles. The summed E-state index contributed by atoms with van der Waals surface area (Å²) in [5, 5.41) is 4.32. The van der Waals surface area contributed by atoms with E-state index in [1.165, 1.54) is 25.7 Å². The van der Waals surface area contributed by atoms with Gasteiger partial charge in [-0.05, 0) is 48.9 Å². The number of fused-ring (bicyclic) bond motifs is 2. The number of amides is 1. The number of hydrogen-bond donors (Lipinski definition) is 1. The number of rotatable bonds is 5. The summed E-state index contributed by atoms with van der Waals surface area (Å²) in [6, 6.07) is 0.959. The molecule has 2 bridgehead atoms. The van der Waals surface area contributed by atoms with Gasteiger partial charge in [-0.15, -0.1) is 0 Å². The van der Waals surface area contributed by atoms with Gasteiger partial charge in [0.25, 0.3) is 0 Å². The van der Waals surface area contributed by atoms with Crippen molar-refractivity contribution in [3.8, 4) is 0 Å². The average Bonchev–Trinajstić information content (AvgIpc) is 3.16. The highest BCUT2D eigenvalue weighted by Crippen LogP contribution is 2.65. The molecule has 0 saturated heterocycles. The lowest BCUT2D eigenvalue weighted by Gasteiger charge is -2.39. The van der Waals surface area contributed by atoms with Crippen molar-refractivity contribution in [3.05, 3.63) is 12.4 Å². The van der Waals surface area contributed by atoms with E-state index in [1.54, 1.807) is 11.8 Å². The number of carbonyl (C=O) groups excluding carboxylic acids is 1. The number of nitrogens with zero attached hydrogens (tertiary/aromatic N) is 2. The summed E-state index contributed by atoms with van der Waals surface area (Å²) in [7, 11) is 0. The number of thioether (sulfide) groups is 1. The minimum absolute atomic E-state index is 0.162. The summed E-state index contributed by atoms with van der Waals surface area (Å²) in [6.45, 7) is 7.15. The molecule has 0 unspecified atom stereocenters. The van der Waals surface area contributed by atoms with Crippen LogP contribution in [0.5, 0.6) is 0 Å². The van der Waals surface area contributed by atoms with Crippen molar-refractivity contribution in [1.82, 2.24) is 14.9 Å². The van der Waals surface area contributed by atoms with Gasteiger partial charge >= 0.3 is 0 Å². The maximum absolute atomic E-state index is 12.5. The third-order valence-corrected chi connectivity index (χ3v) is 8.02. The van der Waals surface area contributed by atoms with E-state index in [9.17, 15) is 4.79 Å². The van der Waals surface area contributed by atoms with Crippen LogP contribution in [0.4, 0.5) is 0 Å². The monoisotopic (exact) mass is 333 g/mol. The van der Waals surface area contributed by atoms with Crippen LogP contribution >= 0.6 is 11.8 Å². The first-order valence-electron chi connectivity index (χ1n) is 8.87. The molecule has 23 heavy (non-hydrogen) atoms. The lowest BCUT2D eigenvalue weighted by molar-refractivity contribution is -0.120. The molecule has 3 aliphatic rings. The van der Waals surface area contributed by atoms with Gasteiger partial charge in [-0.3, -0.25) is 4.79 Å². The van der Waals surface area contributed by atoms with Crippen molar-refractivity contribution in [3.63, 3.8) is 0 Å². The van der Waals surface area contributed by atoms with Crippen LogP contribution in [0.15, 0.2) is 17.6 Å². The van der Waals surface area contributed by atoms with E-state index in [0.29, 0.717) is 23.3 Å². The van der Waals surface area contributed by atoms with Crippen LogP contribution in [0.1, 0.15) is 58.9 Å². The fourth-order valence-electron chi connectivity index (χ4n) is 4.83.